The molecule has 1 aromatic carbocycles. The fraction of sp³-hybridized carbons (Fsp3) is 0.294. The van der Waals surface area contributed by atoms with Crippen LogP contribution in [0.5, 0.6) is 0 Å². The predicted octanol–water partition coefficient (Wildman–Crippen LogP) is 3.46. The molecule has 0 radical (unpaired) electrons. The summed E-state index contributed by atoms with van der Waals surface area (Å²) in [7, 11) is 0. The van der Waals surface area contributed by atoms with Crippen LogP contribution >= 0.6 is 11.8 Å². The lowest BCUT2D eigenvalue weighted by Gasteiger charge is -2.12. The maximum atomic E-state index is 14.2. The molecule has 3 aromatic rings. The second kappa shape index (κ2) is 8.13. The van der Waals surface area contributed by atoms with Crippen LogP contribution in [0.25, 0.3) is 11.4 Å². The molecule has 0 aliphatic heterocycles. The Morgan fingerprint density at radius 2 is 2.12 bits per heavy atom. The van der Waals surface area contributed by atoms with Crippen LogP contribution in [-0.4, -0.2) is 31.6 Å². The summed E-state index contributed by atoms with van der Waals surface area (Å²) in [6.07, 6.45) is 1.38. The van der Waals surface area contributed by atoms with Crippen molar-refractivity contribution in [1.29, 1.82) is 0 Å². The maximum absolute atomic E-state index is 14.2. The quantitative estimate of drug-likeness (QED) is 0.637. The van der Waals surface area contributed by atoms with Gasteiger partial charge in [0.05, 0.1) is 11.3 Å². The van der Waals surface area contributed by atoms with Gasteiger partial charge in [-0.1, -0.05) is 42.9 Å². The zero-order valence-electron chi connectivity index (χ0n) is 14.3. The second-order valence-electron chi connectivity index (χ2n) is 6.01. The summed E-state index contributed by atoms with van der Waals surface area (Å²) >= 11 is 1.24. The van der Waals surface area contributed by atoms with Gasteiger partial charge in [0.1, 0.15) is 12.1 Å². The van der Waals surface area contributed by atoms with Crippen LogP contribution in [0.1, 0.15) is 13.8 Å². The molecular formula is C17H18FN5O2S. The second-order valence-corrected chi connectivity index (χ2v) is 6.95. The Balaban J connectivity index is 1.78. The van der Waals surface area contributed by atoms with E-state index in [1.54, 1.807) is 24.3 Å². The molecule has 0 saturated carbocycles. The van der Waals surface area contributed by atoms with Crippen molar-refractivity contribution in [1.82, 2.24) is 19.9 Å². The van der Waals surface area contributed by atoms with Gasteiger partial charge in [-0.05, 0) is 18.1 Å². The van der Waals surface area contributed by atoms with Gasteiger partial charge in [0, 0.05) is 12.6 Å². The normalized spacial score (nSPS) is 11.1. The van der Waals surface area contributed by atoms with E-state index in [-0.39, 0.29) is 17.5 Å². The highest BCUT2D eigenvalue weighted by molar-refractivity contribution is 7.99. The molecular weight excluding hydrogens is 357 g/mol. The number of anilines is 1. The fourth-order valence-corrected chi connectivity index (χ4v) is 3.10. The van der Waals surface area contributed by atoms with E-state index in [0.717, 1.165) is 0 Å². The topological polar surface area (TPSA) is 85.8 Å². The van der Waals surface area contributed by atoms with Gasteiger partial charge in [-0.3, -0.25) is 4.79 Å². The average Bonchev–Trinajstić information content (AvgIpc) is 3.23. The van der Waals surface area contributed by atoms with Crippen LogP contribution in [0.4, 0.5) is 10.2 Å². The Morgan fingerprint density at radius 3 is 2.81 bits per heavy atom. The Hall–Kier alpha value is -2.68. The summed E-state index contributed by atoms with van der Waals surface area (Å²) in [4.78, 5) is 12.0. The van der Waals surface area contributed by atoms with Crippen molar-refractivity contribution in [3.63, 3.8) is 0 Å². The van der Waals surface area contributed by atoms with Crippen molar-refractivity contribution in [2.24, 2.45) is 5.92 Å². The lowest BCUT2D eigenvalue weighted by atomic mass is 10.2. The van der Waals surface area contributed by atoms with Crippen LogP contribution < -0.4 is 5.32 Å². The van der Waals surface area contributed by atoms with Gasteiger partial charge in [0.15, 0.2) is 16.8 Å². The summed E-state index contributed by atoms with van der Waals surface area (Å²) < 4.78 is 20.7. The summed E-state index contributed by atoms with van der Waals surface area (Å²) in [5, 5.41) is 15.1. The molecule has 2 heterocycles. The highest BCUT2D eigenvalue weighted by atomic mass is 32.2. The highest BCUT2D eigenvalue weighted by Gasteiger charge is 2.18. The molecule has 0 atom stereocenters. The summed E-state index contributed by atoms with van der Waals surface area (Å²) in [6.45, 7) is 4.72. The average molecular weight is 375 g/mol. The summed E-state index contributed by atoms with van der Waals surface area (Å²) in [5.41, 5.74) is 0.388. The van der Waals surface area contributed by atoms with E-state index < -0.39 is 0 Å². The lowest BCUT2D eigenvalue weighted by molar-refractivity contribution is -0.113. The Labute approximate surface area is 154 Å². The molecule has 1 amide bonds. The van der Waals surface area contributed by atoms with Crippen molar-refractivity contribution < 1.29 is 13.7 Å². The third-order valence-electron chi connectivity index (χ3n) is 3.42. The van der Waals surface area contributed by atoms with Crippen molar-refractivity contribution in [3.8, 4) is 11.4 Å². The molecule has 26 heavy (non-hydrogen) atoms. The zero-order chi connectivity index (χ0) is 18.5. The monoisotopic (exact) mass is 375 g/mol. The molecule has 9 heteroatoms. The molecule has 3 rings (SSSR count). The maximum Gasteiger partial charge on any atom is 0.236 e. The predicted molar refractivity (Wildman–Crippen MR) is 96.1 cm³/mol. The van der Waals surface area contributed by atoms with Crippen LogP contribution in [0, 0.1) is 11.7 Å². The Morgan fingerprint density at radius 1 is 1.31 bits per heavy atom. The first-order valence-electron chi connectivity index (χ1n) is 8.05. The number of hydrogen-bond donors (Lipinski definition) is 1. The van der Waals surface area contributed by atoms with Gasteiger partial charge in [-0.2, -0.15) is 0 Å². The van der Waals surface area contributed by atoms with Gasteiger partial charge in [0.25, 0.3) is 0 Å². The number of carbonyl (C=O) groups is 1. The number of hydrogen-bond acceptors (Lipinski definition) is 6. The number of benzene rings is 1. The number of nitrogens with one attached hydrogen (secondary N) is 1. The van der Waals surface area contributed by atoms with Crippen LogP contribution in [0.15, 0.2) is 46.3 Å². The van der Waals surface area contributed by atoms with Crippen LogP contribution in [0.3, 0.4) is 0 Å². The van der Waals surface area contributed by atoms with Gasteiger partial charge in [-0.15, -0.1) is 10.2 Å². The third-order valence-corrected chi connectivity index (χ3v) is 4.38. The van der Waals surface area contributed by atoms with Crippen molar-refractivity contribution >= 4 is 23.5 Å². The zero-order valence-corrected chi connectivity index (χ0v) is 15.2. The lowest BCUT2D eigenvalue weighted by Crippen LogP contribution is -2.15. The number of thioether (sulfide) groups is 1. The number of amides is 1. The van der Waals surface area contributed by atoms with Gasteiger partial charge in [0.2, 0.25) is 5.91 Å². The minimum absolute atomic E-state index is 0.125. The van der Waals surface area contributed by atoms with Gasteiger partial charge >= 0.3 is 0 Å². The van der Waals surface area contributed by atoms with Crippen molar-refractivity contribution in [3.05, 3.63) is 42.4 Å². The fourth-order valence-electron chi connectivity index (χ4n) is 2.35. The molecule has 1 N–H and O–H groups in total. The number of carbonyl (C=O) groups excluding carboxylic acids is 1. The number of nitrogens with zero attached hydrogens (tertiary/aromatic N) is 4. The standard InChI is InChI=1S/C17H18FN5O2S/c1-11(2)9-23-16(12-5-3-4-6-13(12)18)20-21-17(23)26-10-15(24)19-14-7-8-25-22-14/h3-8,11H,9-10H2,1-2H3,(H,19,22,24). The molecule has 0 bridgehead atoms. The summed E-state index contributed by atoms with van der Waals surface area (Å²) in [6, 6.07) is 8.00. The van der Waals surface area contributed by atoms with Crippen LogP contribution in [0.2, 0.25) is 0 Å². The van der Waals surface area contributed by atoms with E-state index in [4.69, 9.17) is 0 Å². The number of rotatable bonds is 7. The van der Waals surface area contributed by atoms with E-state index in [2.05, 4.69) is 39.0 Å². The number of aromatic nitrogens is 4. The third kappa shape index (κ3) is 4.29. The minimum atomic E-state index is -0.356. The smallest absolute Gasteiger partial charge is 0.236 e. The molecule has 0 spiro atoms. The molecule has 7 nitrogen and oxygen atoms in total. The molecule has 0 aliphatic rings. The number of halogens is 1. The van der Waals surface area contributed by atoms with Gasteiger partial charge < -0.3 is 14.4 Å². The Kier molecular flexibility index (Phi) is 5.67. The highest BCUT2D eigenvalue weighted by Crippen LogP contribution is 2.27. The van der Waals surface area contributed by atoms with E-state index in [9.17, 15) is 9.18 Å². The van der Waals surface area contributed by atoms with Crippen LogP contribution in [-0.2, 0) is 11.3 Å². The van der Waals surface area contributed by atoms with Crippen molar-refractivity contribution in [2.45, 2.75) is 25.5 Å². The molecule has 2 aromatic heterocycles. The SMILES string of the molecule is CC(C)Cn1c(SCC(=O)Nc2ccon2)nnc1-c1ccccc1F. The molecule has 136 valence electrons. The van der Waals surface area contributed by atoms with Crippen molar-refractivity contribution in [2.75, 3.05) is 11.1 Å². The van der Waals surface area contributed by atoms with Gasteiger partial charge in [-0.25, -0.2) is 4.39 Å². The van der Waals surface area contributed by atoms with E-state index >= 15 is 0 Å². The molecule has 0 saturated heterocycles. The molecule has 0 fully saturated rings. The van der Waals surface area contributed by atoms with E-state index in [1.807, 2.05) is 4.57 Å². The Bertz CT molecular complexity index is 879. The molecule has 0 aliphatic carbocycles. The largest absolute Gasteiger partial charge is 0.363 e. The summed E-state index contributed by atoms with van der Waals surface area (Å²) in [5.74, 6) is 0.642. The first-order chi connectivity index (χ1) is 12.5. The minimum Gasteiger partial charge on any atom is -0.363 e. The van der Waals surface area contributed by atoms with E-state index in [0.29, 0.717) is 34.8 Å². The van der Waals surface area contributed by atoms with E-state index in [1.165, 1.54) is 24.1 Å². The first-order valence-corrected chi connectivity index (χ1v) is 9.04. The molecule has 0 unspecified atom stereocenters. The first kappa shape index (κ1) is 18.1.